The minimum Gasteiger partial charge on any atom is -0.496 e. The molecule has 8 nitrogen and oxygen atoms in total. The molecule has 1 saturated heterocycles. The van der Waals surface area contributed by atoms with Crippen LogP contribution in [0.5, 0.6) is 5.75 Å². The molecule has 2 atom stereocenters. The number of nitrogens with zero attached hydrogens (tertiary/aromatic N) is 4. The maximum atomic E-state index is 12.9. The lowest BCUT2D eigenvalue weighted by Gasteiger charge is -2.31. The molecule has 3 aliphatic rings. The lowest BCUT2D eigenvalue weighted by Crippen LogP contribution is -2.45. The first-order valence-electron chi connectivity index (χ1n) is 11.8. The Hall–Kier alpha value is -3.81. The molecule has 176 valence electrons. The molecule has 2 unspecified atom stereocenters. The quantitative estimate of drug-likeness (QED) is 0.620. The second-order valence-electron chi connectivity index (χ2n) is 8.53. The molecule has 0 spiro atoms. The van der Waals surface area contributed by atoms with E-state index in [1.54, 1.807) is 18.8 Å². The Morgan fingerprint density at radius 2 is 2.06 bits per heavy atom. The summed E-state index contributed by atoms with van der Waals surface area (Å²) in [4.78, 5) is 23.6. The van der Waals surface area contributed by atoms with Gasteiger partial charge in [0.15, 0.2) is 0 Å². The minimum absolute atomic E-state index is 0.136. The van der Waals surface area contributed by atoms with Crippen LogP contribution in [-0.4, -0.2) is 45.0 Å². The molecule has 1 aliphatic carbocycles. The normalized spacial score (nSPS) is 23.1. The van der Waals surface area contributed by atoms with E-state index in [-0.39, 0.29) is 18.2 Å². The van der Waals surface area contributed by atoms with Crippen molar-refractivity contribution in [2.24, 2.45) is 4.99 Å². The lowest BCUT2D eigenvalue weighted by atomic mass is 10.0. The van der Waals surface area contributed by atoms with Gasteiger partial charge in [0, 0.05) is 25.5 Å². The summed E-state index contributed by atoms with van der Waals surface area (Å²) in [6.07, 6.45) is 19.9. The Labute approximate surface area is 199 Å². The summed E-state index contributed by atoms with van der Waals surface area (Å²) in [5, 5.41) is 2.99. The van der Waals surface area contributed by atoms with Crippen LogP contribution in [0.3, 0.4) is 0 Å². The molecule has 2 amide bonds. The van der Waals surface area contributed by atoms with Gasteiger partial charge in [-0.15, -0.1) is 0 Å². The van der Waals surface area contributed by atoms with Gasteiger partial charge in [0.25, 0.3) is 0 Å². The predicted molar refractivity (Wildman–Crippen MR) is 130 cm³/mol. The van der Waals surface area contributed by atoms with Crippen LogP contribution in [0, 0.1) is 0 Å². The Kier molecular flexibility index (Phi) is 6.74. The summed E-state index contributed by atoms with van der Waals surface area (Å²) >= 11 is 0. The molecule has 1 fully saturated rings. The second kappa shape index (κ2) is 10.4. The van der Waals surface area contributed by atoms with Gasteiger partial charge in [0.05, 0.1) is 18.3 Å². The number of amidine groups is 1. The van der Waals surface area contributed by atoms with Gasteiger partial charge in [-0.05, 0) is 74.6 Å². The molecule has 8 heteroatoms. The van der Waals surface area contributed by atoms with Crippen molar-refractivity contribution in [1.29, 1.82) is 0 Å². The van der Waals surface area contributed by atoms with Gasteiger partial charge in [-0.2, -0.15) is 0 Å². The minimum atomic E-state index is -0.256. The molecule has 0 saturated carbocycles. The first-order valence-corrected chi connectivity index (χ1v) is 11.8. The van der Waals surface area contributed by atoms with E-state index in [4.69, 9.17) is 14.5 Å². The van der Waals surface area contributed by atoms with E-state index in [2.05, 4.69) is 22.5 Å². The first-order chi connectivity index (χ1) is 16.8. The van der Waals surface area contributed by atoms with E-state index in [1.165, 1.54) is 0 Å². The summed E-state index contributed by atoms with van der Waals surface area (Å²) in [6.45, 7) is 1.40. The molecule has 2 aromatic rings. The molecule has 5 rings (SSSR count). The smallest absolute Gasteiger partial charge is 0.323 e. The van der Waals surface area contributed by atoms with Crippen molar-refractivity contribution in [3.05, 3.63) is 79.3 Å². The number of aliphatic imine (C=N–C) groups is 1. The van der Waals surface area contributed by atoms with Crippen molar-refractivity contribution < 1.29 is 14.3 Å². The Morgan fingerprint density at radius 3 is 2.79 bits per heavy atom. The van der Waals surface area contributed by atoms with Crippen molar-refractivity contribution in [2.45, 2.75) is 50.8 Å². The molecule has 0 bridgehead atoms. The number of amides is 2. The highest BCUT2D eigenvalue weighted by atomic mass is 16.5. The second-order valence-corrected chi connectivity index (χ2v) is 8.53. The lowest BCUT2D eigenvalue weighted by molar-refractivity contribution is 0.0730. The van der Waals surface area contributed by atoms with Crippen LogP contribution in [0.25, 0.3) is 0 Å². The molecular weight excluding hydrogens is 430 g/mol. The van der Waals surface area contributed by atoms with Gasteiger partial charge in [0.1, 0.15) is 29.5 Å². The average Bonchev–Trinajstić information content (AvgIpc) is 3.49. The zero-order chi connectivity index (χ0) is 23.2. The number of aromatic nitrogens is 2. The fourth-order valence-electron chi connectivity index (χ4n) is 4.40. The third-order valence-electron chi connectivity index (χ3n) is 6.09. The van der Waals surface area contributed by atoms with Crippen LogP contribution in [-0.2, 0) is 11.3 Å². The molecule has 2 aliphatic heterocycles. The number of hydrogen-bond acceptors (Lipinski definition) is 5. The fourth-order valence-corrected chi connectivity index (χ4v) is 4.40. The number of benzene rings is 1. The van der Waals surface area contributed by atoms with Gasteiger partial charge in [-0.1, -0.05) is 6.08 Å². The van der Waals surface area contributed by atoms with Crippen molar-refractivity contribution in [2.75, 3.05) is 6.54 Å². The number of aryl methyl sites for hydroxylation is 1. The van der Waals surface area contributed by atoms with Crippen molar-refractivity contribution in [1.82, 2.24) is 19.8 Å². The zero-order valence-electron chi connectivity index (χ0n) is 19.0. The van der Waals surface area contributed by atoms with Crippen molar-refractivity contribution in [3.63, 3.8) is 0 Å². The molecule has 1 aromatic carbocycles. The number of hydrogen-bond donors (Lipinski definition) is 1. The summed E-state index contributed by atoms with van der Waals surface area (Å²) in [6, 6.07) is 7.22. The van der Waals surface area contributed by atoms with Crippen molar-refractivity contribution in [3.8, 4) is 5.75 Å². The SMILES string of the molecule is O=C1NC(=Nc2ccc(OC3=CCCC=C3)cc2)C(C2CCC=CO2)N1CCCn1ccnc1. The van der Waals surface area contributed by atoms with E-state index in [9.17, 15) is 4.79 Å². The van der Waals surface area contributed by atoms with Crippen LogP contribution in [0.2, 0.25) is 0 Å². The van der Waals surface area contributed by atoms with Crippen LogP contribution < -0.4 is 10.1 Å². The van der Waals surface area contributed by atoms with E-state index >= 15 is 0 Å². The maximum absolute atomic E-state index is 12.9. The van der Waals surface area contributed by atoms with E-state index in [1.807, 2.05) is 52.1 Å². The third kappa shape index (κ3) is 5.22. The van der Waals surface area contributed by atoms with E-state index in [0.717, 1.165) is 55.8 Å². The Bertz CT molecular complexity index is 1100. The highest BCUT2D eigenvalue weighted by Crippen LogP contribution is 2.26. The molecule has 0 radical (unpaired) electrons. The van der Waals surface area contributed by atoms with Gasteiger partial charge >= 0.3 is 6.03 Å². The molecule has 1 N–H and O–H groups in total. The Balaban J connectivity index is 1.31. The number of rotatable bonds is 8. The maximum Gasteiger partial charge on any atom is 0.323 e. The number of nitrogens with one attached hydrogen (secondary N) is 1. The highest BCUT2D eigenvalue weighted by Gasteiger charge is 2.42. The monoisotopic (exact) mass is 459 g/mol. The van der Waals surface area contributed by atoms with E-state index < -0.39 is 0 Å². The number of ether oxygens (including phenoxy) is 2. The van der Waals surface area contributed by atoms with Gasteiger partial charge < -0.3 is 18.9 Å². The van der Waals surface area contributed by atoms with Gasteiger partial charge in [0.2, 0.25) is 0 Å². The highest BCUT2D eigenvalue weighted by molar-refractivity contribution is 6.08. The van der Waals surface area contributed by atoms with E-state index in [0.29, 0.717) is 12.4 Å². The molecule has 34 heavy (non-hydrogen) atoms. The average molecular weight is 460 g/mol. The number of carbonyl (C=O) groups excluding carboxylic acids is 1. The fraction of sp³-hybridized carbons (Fsp3) is 0.346. The number of carbonyl (C=O) groups is 1. The van der Waals surface area contributed by atoms with Crippen molar-refractivity contribution >= 4 is 17.6 Å². The predicted octanol–water partition coefficient (Wildman–Crippen LogP) is 4.70. The number of urea groups is 1. The largest absolute Gasteiger partial charge is 0.496 e. The summed E-state index contributed by atoms with van der Waals surface area (Å²) in [5.41, 5.74) is 0.757. The third-order valence-corrected chi connectivity index (χ3v) is 6.09. The summed E-state index contributed by atoms with van der Waals surface area (Å²) < 4.78 is 13.9. The Morgan fingerprint density at radius 1 is 1.15 bits per heavy atom. The van der Waals surface area contributed by atoms with Crippen LogP contribution in [0.1, 0.15) is 32.1 Å². The van der Waals surface area contributed by atoms with Crippen LogP contribution in [0.15, 0.2) is 84.3 Å². The first kappa shape index (κ1) is 22.0. The summed E-state index contributed by atoms with van der Waals surface area (Å²) in [5.74, 6) is 2.25. The summed E-state index contributed by atoms with van der Waals surface area (Å²) in [7, 11) is 0. The molecule has 3 heterocycles. The zero-order valence-corrected chi connectivity index (χ0v) is 19.0. The molecule has 1 aromatic heterocycles. The van der Waals surface area contributed by atoms with Gasteiger partial charge in [-0.3, -0.25) is 5.32 Å². The van der Waals surface area contributed by atoms with Crippen LogP contribution >= 0.6 is 0 Å². The topological polar surface area (TPSA) is 81.0 Å². The van der Waals surface area contributed by atoms with Gasteiger partial charge in [-0.25, -0.2) is 14.8 Å². The molecular formula is C26H29N5O3. The standard InChI is InChI=1S/C26H29N5O3/c32-26-29-25(28-20-10-12-22(13-11-20)34-21-7-2-1-3-8-21)24(23-9-4-5-18-33-23)31(26)16-6-15-30-17-14-27-19-30/h2,5,7-8,10-14,17-19,23-24H,1,3-4,6,9,15-16H2,(H,28,29,32). The number of imidazole rings is 1. The van der Waals surface area contributed by atoms with Crippen LogP contribution in [0.4, 0.5) is 10.5 Å². The number of allylic oxidation sites excluding steroid dienone is 4.